The number of para-hydroxylation sites is 1. The van der Waals surface area contributed by atoms with E-state index < -0.39 is 0 Å². The van der Waals surface area contributed by atoms with Crippen LogP contribution in [0.1, 0.15) is 27.2 Å². The van der Waals surface area contributed by atoms with Crippen LogP contribution < -0.4 is 5.32 Å². The summed E-state index contributed by atoms with van der Waals surface area (Å²) >= 11 is 0. The summed E-state index contributed by atoms with van der Waals surface area (Å²) in [6.45, 7) is 5.33. The number of benzene rings is 1. The fraction of sp³-hybridized carbons (Fsp3) is 0.263. The normalized spacial score (nSPS) is 13.2. The number of ether oxygens (including phenoxy) is 1. The number of carbonyl (C=O) groups is 1. The van der Waals surface area contributed by atoms with E-state index in [9.17, 15) is 4.79 Å². The van der Waals surface area contributed by atoms with Crippen LogP contribution in [0.25, 0.3) is 0 Å². The molecule has 0 aromatic heterocycles. The second-order valence-corrected chi connectivity index (χ2v) is 4.87. The number of methoxy groups -OCH3 is 1. The highest BCUT2D eigenvalue weighted by Crippen LogP contribution is 2.23. The maximum absolute atomic E-state index is 11.9. The van der Waals surface area contributed by atoms with Gasteiger partial charge in [0, 0.05) is 17.6 Å². The van der Waals surface area contributed by atoms with E-state index in [-0.39, 0.29) is 5.78 Å². The monoisotopic (exact) mass is 312 g/mol. The summed E-state index contributed by atoms with van der Waals surface area (Å²) in [5.74, 6) is 0.323. The van der Waals surface area contributed by atoms with Crippen LogP contribution in [0, 0.1) is 5.41 Å². The van der Waals surface area contributed by atoms with Crippen molar-refractivity contribution in [2.75, 3.05) is 12.4 Å². The lowest BCUT2D eigenvalue weighted by Crippen LogP contribution is -2.11. The number of nitrogens with one attached hydrogen (secondary N) is 2. The quantitative estimate of drug-likeness (QED) is 0.322. The Morgan fingerprint density at radius 2 is 1.96 bits per heavy atom. The van der Waals surface area contributed by atoms with Crippen LogP contribution >= 0.6 is 0 Å². The van der Waals surface area contributed by atoms with Crippen LogP contribution in [0.3, 0.4) is 0 Å². The van der Waals surface area contributed by atoms with Gasteiger partial charge in [0.15, 0.2) is 5.78 Å². The molecule has 0 fully saturated rings. The molecule has 0 aliphatic heterocycles. The van der Waals surface area contributed by atoms with Gasteiger partial charge in [-0.15, -0.1) is 0 Å². The van der Waals surface area contributed by atoms with Gasteiger partial charge >= 0.3 is 0 Å². The lowest BCUT2D eigenvalue weighted by Gasteiger charge is -2.17. The fourth-order valence-corrected chi connectivity index (χ4v) is 2.20. The van der Waals surface area contributed by atoms with Gasteiger partial charge in [-0.2, -0.15) is 0 Å². The third kappa shape index (κ3) is 4.95. The van der Waals surface area contributed by atoms with Gasteiger partial charge < -0.3 is 15.5 Å². The maximum atomic E-state index is 11.9. The molecule has 1 aromatic rings. The molecule has 0 aliphatic rings. The third-order valence-electron chi connectivity index (χ3n) is 3.26. The molecule has 1 aromatic carbocycles. The van der Waals surface area contributed by atoms with Crippen molar-refractivity contribution < 1.29 is 9.53 Å². The molecule has 0 saturated heterocycles. The Bertz CT molecular complexity index is 641. The summed E-state index contributed by atoms with van der Waals surface area (Å²) in [4.78, 5) is 11.9. The summed E-state index contributed by atoms with van der Waals surface area (Å²) in [6, 6.07) is 9.67. The summed E-state index contributed by atoms with van der Waals surface area (Å²) in [5, 5.41) is 11.0. The molecule has 122 valence electrons. The second-order valence-electron chi connectivity index (χ2n) is 4.87. The van der Waals surface area contributed by atoms with Crippen molar-refractivity contribution in [1.29, 1.82) is 5.41 Å². The lowest BCUT2D eigenvalue weighted by atomic mass is 10.0. The Hall–Kier alpha value is -2.62. The minimum atomic E-state index is -0.0850. The Morgan fingerprint density at radius 1 is 1.30 bits per heavy atom. The van der Waals surface area contributed by atoms with Crippen LogP contribution in [0.2, 0.25) is 0 Å². The molecule has 2 N–H and O–H groups in total. The summed E-state index contributed by atoms with van der Waals surface area (Å²) in [5.41, 5.74) is 2.64. The Balaban J connectivity index is 3.36. The smallest absolute Gasteiger partial charge is 0.163 e. The Morgan fingerprint density at radius 3 is 2.39 bits per heavy atom. The third-order valence-corrected chi connectivity index (χ3v) is 3.26. The van der Waals surface area contributed by atoms with Crippen LogP contribution in [-0.2, 0) is 9.53 Å². The molecule has 0 aliphatic carbocycles. The van der Waals surface area contributed by atoms with E-state index in [0.717, 1.165) is 5.69 Å². The number of allylic oxidation sites excluding steroid dienone is 4. The average Bonchev–Trinajstić information content (AvgIpc) is 2.57. The van der Waals surface area contributed by atoms with E-state index >= 15 is 0 Å². The first-order chi connectivity index (χ1) is 11.1. The SMILES string of the molecule is C\C=C(Nc1ccccc1)/C(C=N)=C(OC)\C(=C\CC)C(C)=O. The van der Waals surface area contributed by atoms with Crippen molar-refractivity contribution >= 4 is 17.7 Å². The minimum Gasteiger partial charge on any atom is -0.495 e. The number of carbonyl (C=O) groups excluding carboxylic acids is 1. The van der Waals surface area contributed by atoms with Crippen LogP contribution in [-0.4, -0.2) is 19.1 Å². The molecular formula is C19H24N2O2. The molecule has 0 radical (unpaired) electrons. The number of Topliss-reactive ketones (excluding diaryl/α,β-unsaturated/α-hetero) is 1. The van der Waals surface area contributed by atoms with Crippen LogP contribution in [0.5, 0.6) is 0 Å². The van der Waals surface area contributed by atoms with Crippen molar-refractivity contribution in [3.8, 4) is 0 Å². The highest BCUT2D eigenvalue weighted by Gasteiger charge is 2.17. The van der Waals surface area contributed by atoms with E-state index in [4.69, 9.17) is 10.1 Å². The predicted molar refractivity (Wildman–Crippen MR) is 95.7 cm³/mol. The molecule has 0 atom stereocenters. The van der Waals surface area contributed by atoms with Gasteiger partial charge in [0.2, 0.25) is 0 Å². The number of hydrogen-bond acceptors (Lipinski definition) is 4. The molecule has 0 heterocycles. The first-order valence-corrected chi connectivity index (χ1v) is 7.57. The lowest BCUT2D eigenvalue weighted by molar-refractivity contribution is -0.113. The molecule has 0 saturated carbocycles. The zero-order chi connectivity index (χ0) is 17.2. The number of ketones is 1. The van der Waals surface area contributed by atoms with E-state index in [1.165, 1.54) is 20.2 Å². The summed E-state index contributed by atoms with van der Waals surface area (Å²) in [6.07, 6.45) is 5.59. The van der Waals surface area contributed by atoms with Gasteiger partial charge in [0.05, 0.1) is 18.3 Å². The average molecular weight is 312 g/mol. The fourth-order valence-electron chi connectivity index (χ4n) is 2.20. The van der Waals surface area contributed by atoms with Crippen LogP contribution in [0.4, 0.5) is 5.69 Å². The molecule has 0 unspecified atom stereocenters. The van der Waals surface area contributed by atoms with E-state index in [2.05, 4.69) is 5.32 Å². The molecular weight excluding hydrogens is 288 g/mol. The van der Waals surface area contributed by atoms with E-state index in [1.54, 1.807) is 0 Å². The Labute approximate surface area is 138 Å². The highest BCUT2D eigenvalue weighted by molar-refractivity contribution is 6.00. The van der Waals surface area contributed by atoms with Gasteiger partial charge in [-0.25, -0.2) is 0 Å². The van der Waals surface area contributed by atoms with Crippen molar-refractivity contribution in [1.82, 2.24) is 0 Å². The zero-order valence-electron chi connectivity index (χ0n) is 14.1. The maximum Gasteiger partial charge on any atom is 0.163 e. The largest absolute Gasteiger partial charge is 0.495 e. The van der Waals surface area contributed by atoms with Gasteiger partial charge in [-0.3, -0.25) is 4.79 Å². The van der Waals surface area contributed by atoms with Gasteiger partial charge in [-0.1, -0.05) is 37.3 Å². The van der Waals surface area contributed by atoms with Crippen molar-refractivity contribution in [3.63, 3.8) is 0 Å². The van der Waals surface area contributed by atoms with Crippen molar-refractivity contribution in [3.05, 3.63) is 65.1 Å². The van der Waals surface area contributed by atoms with Gasteiger partial charge in [0.1, 0.15) is 5.76 Å². The summed E-state index contributed by atoms with van der Waals surface area (Å²) in [7, 11) is 1.51. The Kier molecular flexibility index (Phi) is 7.54. The molecule has 1 rings (SSSR count). The number of anilines is 1. The molecule has 0 amide bonds. The van der Waals surface area contributed by atoms with Crippen molar-refractivity contribution in [2.45, 2.75) is 27.2 Å². The molecule has 0 bridgehead atoms. The highest BCUT2D eigenvalue weighted by atomic mass is 16.5. The first-order valence-electron chi connectivity index (χ1n) is 7.57. The number of rotatable bonds is 8. The molecule has 0 spiro atoms. The minimum absolute atomic E-state index is 0.0850. The van der Waals surface area contributed by atoms with Gasteiger partial charge in [-0.05, 0) is 32.4 Å². The van der Waals surface area contributed by atoms with Crippen molar-refractivity contribution in [2.24, 2.45) is 0 Å². The number of hydrogen-bond donors (Lipinski definition) is 2. The van der Waals surface area contributed by atoms with E-state index in [1.807, 2.05) is 56.3 Å². The first kappa shape index (κ1) is 18.4. The van der Waals surface area contributed by atoms with Crippen LogP contribution in [0.15, 0.2) is 65.1 Å². The zero-order valence-corrected chi connectivity index (χ0v) is 14.1. The van der Waals surface area contributed by atoms with E-state index in [0.29, 0.717) is 29.0 Å². The molecule has 4 heteroatoms. The molecule has 4 nitrogen and oxygen atoms in total. The predicted octanol–water partition coefficient (Wildman–Crippen LogP) is 4.48. The van der Waals surface area contributed by atoms with Gasteiger partial charge in [0.25, 0.3) is 0 Å². The topological polar surface area (TPSA) is 62.2 Å². The standard InChI is InChI=1S/C19H24N2O2/c1-5-10-16(14(3)22)19(23-4)17(13-20)18(6-2)21-15-11-8-7-9-12-15/h6-13,20-21H,5H2,1-4H3/b16-10+,18-6+,19-17+,20-13?. The molecule has 23 heavy (non-hydrogen) atoms. The second kappa shape index (κ2) is 9.41. The summed E-state index contributed by atoms with van der Waals surface area (Å²) < 4.78 is 5.46.